The molecule has 8 nitrogen and oxygen atoms in total. The molecule has 0 aromatic carbocycles. The number of nitrogens with zero attached hydrogens (tertiary/aromatic N) is 5. The normalized spacial score (nSPS) is 16.1. The van der Waals surface area contributed by atoms with Gasteiger partial charge in [0.1, 0.15) is 6.54 Å². The van der Waals surface area contributed by atoms with Crippen molar-refractivity contribution >= 4 is 17.1 Å². The van der Waals surface area contributed by atoms with Crippen LogP contribution in [0.5, 0.6) is 0 Å². The number of fused-ring (bicyclic) bond motifs is 1. The van der Waals surface area contributed by atoms with E-state index in [0.29, 0.717) is 5.65 Å². The first-order chi connectivity index (χ1) is 11.9. The van der Waals surface area contributed by atoms with Crippen LogP contribution in [0.1, 0.15) is 38.5 Å². The Morgan fingerprint density at radius 2 is 1.80 bits per heavy atom. The molecule has 3 rings (SSSR count). The van der Waals surface area contributed by atoms with Gasteiger partial charge in [0.2, 0.25) is 5.91 Å². The topological polar surface area (TPSA) is 82.1 Å². The molecule has 0 bridgehead atoms. The summed E-state index contributed by atoms with van der Waals surface area (Å²) in [6.07, 6.45) is 8.29. The van der Waals surface area contributed by atoms with E-state index in [9.17, 15) is 14.4 Å². The van der Waals surface area contributed by atoms with Crippen molar-refractivity contribution in [2.24, 2.45) is 14.1 Å². The number of likely N-dealkylation sites (N-methyl/N-ethyl adjacent to an activating group) is 1. The molecule has 2 aromatic rings. The van der Waals surface area contributed by atoms with E-state index in [1.165, 1.54) is 30.8 Å². The molecule has 0 saturated heterocycles. The van der Waals surface area contributed by atoms with Crippen LogP contribution in [-0.4, -0.2) is 42.6 Å². The summed E-state index contributed by atoms with van der Waals surface area (Å²) in [5.74, 6) is -0.0397. The van der Waals surface area contributed by atoms with E-state index in [4.69, 9.17) is 0 Å². The molecule has 0 aliphatic heterocycles. The number of aromatic nitrogens is 4. The van der Waals surface area contributed by atoms with Gasteiger partial charge in [0.25, 0.3) is 5.56 Å². The lowest BCUT2D eigenvalue weighted by atomic mass is 10.1. The van der Waals surface area contributed by atoms with Crippen molar-refractivity contribution in [1.29, 1.82) is 0 Å². The molecule has 25 heavy (non-hydrogen) atoms. The number of amides is 1. The van der Waals surface area contributed by atoms with E-state index < -0.39 is 11.2 Å². The highest BCUT2D eigenvalue weighted by atomic mass is 16.2. The minimum Gasteiger partial charge on any atom is -0.341 e. The van der Waals surface area contributed by atoms with Gasteiger partial charge in [-0.05, 0) is 12.8 Å². The van der Waals surface area contributed by atoms with E-state index in [2.05, 4.69) is 4.98 Å². The molecule has 0 radical (unpaired) electrons. The second-order valence-electron chi connectivity index (χ2n) is 6.90. The van der Waals surface area contributed by atoms with Gasteiger partial charge in [0, 0.05) is 27.2 Å². The summed E-state index contributed by atoms with van der Waals surface area (Å²) in [5.41, 5.74) is -0.268. The average Bonchev–Trinajstić information content (AvgIpc) is 2.83. The first-order valence-corrected chi connectivity index (χ1v) is 8.78. The second kappa shape index (κ2) is 6.85. The number of carbonyl (C=O) groups excluding carboxylic acids is 1. The van der Waals surface area contributed by atoms with Crippen molar-refractivity contribution in [3.63, 3.8) is 0 Å². The third kappa shape index (κ3) is 3.12. The molecule has 0 N–H and O–H groups in total. The SMILES string of the molecule is CN(C(=O)Cn1cnc2c1c(=O)n(C)c(=O)n2C)C1CCCCCC1. The Kier molecular flexibility index (Phi) is 4.78. The number of rotatable bonds is 3. The minimum atomic E-state index is -0.430. The van der Waals surface area contributed by atoms with E-state index in [1.807, 2.05) is 11.9 Å². The van der Waals surface area contributed by atoms with Gasteiger partial charge >= 0.3 is 5.69 Å². The summed E-state index contributed by atoms with van der Waals surface area (Å²) in [6, 6.07) is 0.261. The van der Waals surface area contributed by atoms with Crippen LogP contribution < -0.4 is 11.2 Å². The predicted molar refractivity (Wildman–Crippen MR) is 94.5 cm³/mol. The summed E-state index contributed by atoms with van der Waals surface area (Å²) < 4.78 is 3.92. The number of imidazole rings is 1. The zero-order valence-electron chi connectivity index (χ0n) is 15.1. The summed E-state index contributed by atoms with van der Waals surface area (Å²) in [4.78, 5) is 43.1. The third-order valence-electron chi connectivity index (χ3n) is 5.29. The lowest BCUT2D eigenvalue weighted by Gasteiger charge is -2.27. The van der Waals surface area contributed by atoms with Crippen molar-refractivity contribution in [2.75, 3.05) is 7.05 Å². The first kappa shape index (κ1) is 17.4. The molecule has 136 valence electrons. The minimum absolute atomic E-state index is 0.0397. The van der Waals surface area contributed by atoms with Crippen LogP contribution in [0, 0.1) is 0 Å². The van der Waals surface area contributed by atoms with Gasteiger partial charge in [-0.1, -0.05) is 25.7 Å². The molecule has 1 amide bonds. The quantitative estimate of drug-likeness (QED) is 0.762. The molecular weight excluding hydrogens is 322 g/mol. The van der Waals surface area contributed by atoms with Crippen molar-refractivity contribution in [2.45, 2.75) is 51.1 Å². The Hall–Kier alpha value is -2.38. The van der Waals surface area contributed by atoms with Crippen LogP contribution in [0.4, 0.5) is 0 Å². The van der Waals surface area contributed by atoms with Crippen LogP contribution in [0.15, 0.2) is 15.9 Å². The average molecular weight is 347 g/mol. The van der Waals surface area contributed by atoms with Gasteiger partial charge in [0.15, 0.2) is 11.2 Å². The number of hydrogen-bond donors (Lipinski definition) is 0. The Morgan fingerprint density at radius 3 is 2.44 bits per heavy atom. The highest BCUT2D eigenvalue weighted by Gasteiger charge is 2.23. The third-order valence-corrected chi connectivity index (χ3v) is 5.29. The highest BCUT2D eigenvalue weighted by Crippen LogP contribution is 2.21. The van der Waals surface area contributed by atoms with E-state index in [0.717, 1.165) is 30.3 Å². The van der Waals surface area contributed by atoms with Crippen molar-refractivity contribution in [3.8, 4) is 0 Å². The molecule has 0 atom stereocenters. The summed E-state index contributed by atoms with van der Waals surface area (Å²) >= 11 is 0. The van der Waals surface area contributed by atoms with Gasteiger partial charge in [-0.3, -0.25) is 18.7 Å². The number of carbonyl (C=O) groups is 1. The number of hydrogen-bond acceptors (Lipinski definition) is 4. The fourth-order valence-corrected chi connectivity index (χ4v) is 3.62. The number of aryl methyl sites for hydroxylation is 1. The maximum absolute atomic E-state index is 12.7. The van der Waals surface area contributed by atoms with Crippen LogP contribution in [0.25, 0.3) is 11.2 Å². The molecule has 1 saturated carbocycles. The summed E-state index contributed by atoms with van der Waals surface area (Å²) in [5, 5.41) is 0. The Bertz CT molecular complexity index is 899. The second-order valence-corrected chi connectivity index (χ2v) is 6.90. The smallest absolute Gasteiger partial charge is 0.332 e. The molecule has 1 aliphatic rings. The molecule has 1 fully saturated rings. The summed E-state index contributed by atoms with van der Waals surface area (Å²) in [7, 11) is 4.84. The van der Waals surface area contributed by atoms with E-state index >= 15 is 0 Å². The lowest BCUT2D eigenvalue weighted by molar-refractivity contribution is -0.132. The van der Waals surface area contributed by atoms with Crippen LogP contribution in [-0.2, 0) is 25.4 Å². The van der Waals surface area contributed by atoms with E-state index in [1.54, 1.807) is 11.6 Å². The molecule has 0 spiro atoms. The van der Waals surface area contributed by atoms with Gasteiger partial charge in [-0.15, -0.1) is 0 Å². The molecule has 1 aliphatic carbocycles. The molecular formula is C17H25N5O3. The highest BCUT2D eigenvalue weighted by molar-refractivity contribution is 5.79. The van der Waals surface area contributed by atoms with Crippen molar-refractivity contribution in [1.82, 2.24) is 23.6 Å². The fraction of sp³-hybridized carbons (Fsp3) is 0.647. The summed E-state index contributed by atoms with van der Waals surface area (Å²) in [6.45, 7) is 0.0525. The van der Waals surface area contributed by atoms with Gasteiger partial charge < -0.3 is 9.47 Å². The largest absolute Gasteiger partial charge is 0.341 e. The van der Waals surface area contributed by atoms with E-state index in [-0.39, 0.29) is 24.0 Å². The zero-order chi connectivity index (χ0) is 18.1. The van der Waals surface area contributed by atoms with Gasteiger partial charge in [-0.25, -0.2) is 9.78 Å². The Labute approximate surface area is 145 Å². The fourth-order valence-electron chi connectivity index (χ4n) is 3.62. The molecule has 0 unspecified atom stereocenters. The van der Waals surface area contributed by atoms with Gasteiger partial charge in [-0.2, -0.15) is 0 Å². The molecule has 2 heterocycles. The lowest BCUT2D eigenvalue weighted by Crippen LogP contribution is -2.40. The maximum atomic E-state index is 12.7. The Morgan fingerprint density at radius 1 is 1.16 bits per heavy atom. The van der Waals surface area contributed by atoms with Gasteiger partial charge in [0.05, 0.1) is 6.33 Å². The zero-order valence-corrected chi connectivity index (χ0v) is 15.1. The van der Waals surface area contributed by atoms with Crippen molar-refractivity contribution < 1.29 is 4.79 Å². The maximum Gasteiger partial charge on any atom is 0.332 e. The molecule has 8 heteroatoms. The van der Waals surface area contributed by atoms with Crippen LogP contribution in [0.2, 0.25) is 0 Å². The van der Waals surface area contributed by atoms with Crippen molar-refractivity contribution in [3.05, 3.63) is 27.2 Å². The Balaban J connectivity index is 1.89. The molecule has 2 aromatic heterocycles. The van der Waals surface area contributed by atoms with Crippen LogP contribution in [0.3, 0.4) is 0 Å². The monoisotopic (exact) mass is 347 g/mol. The van der Waals surface area contributed by atoms with Crippen LogP contribution >= 0.6 is 0 Å². The first-order valence-electron chi connectivity index (χ1n) is 8.78. The predicted octanol–water partition coefficient (Wildman–Crippen LogP) is 0.615. The standard InChI is InChI=1S/C17H25N5O3/c1-19(12-8-6-4-5-7-9-12)13(23)10-22-11-18-15-14(22)16(24)21(3)17(25)20(15)2/h11-12H,4-10H2,1-3H3.